The van der Waals surface area contributed by atoms with Crippen molar-refractivity contribution in [3.05, 3.63) is 0 Å². The second kappa shape index (κ2) is 3.02. The van der Waals surface area contributed by atoms with Gasteiger partial charge < -0.3 is 17.2 Å². The van der Waals surface area contributed by atoms with Crippen LogP contribution in [0.5, 0.6) is 0 Å². The molecule has 0 rings (SSSR count). The normalized spacial score (nSPS) is 22.1. The van der Waals surface area contributed by atoms with Gasteiger partial charge in [-0.3, -0.25) is 0 Å². The molecule has 2 atom stereocenters. The highest BCUT2D eigenvalue weighted by Crippen LogP contribution is 1.88. The predicted molar refractivity (Wildman–Crippen MR) is 35.3 cm³/mol. The molecular weight excluding hydrogens is 102 g/mol. The maximum absolute atomic E-state index is 5.51. The molecule has 50 valence electrons. The Morgan fingerprint density at radius 1 is 0.875 bits per heavy atom. The highest BCUT2D eigenvalue weighted by molar-refractivity contribution is 4.78. The zero-order chi connectivity index (χ0) is 6.73. The lowest BCUT2D eigenvalue weighted by atomic mass is 10.1. The van der Waals surface area contributed by atoms with Crippen LogP contribution in [-0.4, -0.2) is 18.1 Å². The molecule has 0 aromatic heterocycles. The second-order valence-electron chi connectivity index (χ2n) is 2.30. The van der Waals surface area contributed by atoms with Crippen molar-refractivity contribution < 1.29 is 0 Å². The average molecular weight is 117 g/mol. The van der Waals surface area contributed by atoms with Crippen LogP contribution in [0.15, 0.2) is 0 Å². The zero-order valence-corrected chi connectivity index (χ0v) is 5.46. The highest BCUT2D eigenvalue weighted by atomic mass is 14.8. The quantitative estimate of drug-likeness (QED) is 0.434. The summed E-state index contributed by atoms with van der Waals surface area (Å²) in [4.78, 5) is 0. The number of hydrogen-bond donors (Lipinski definition) is 3. The van der Waals surface area contributed by atoms with E-state index < -0.39 is 0 Å². The maximum Gasteiger partial charge on any atom is 0.0340 e. The van der Waals surface area contributed by atoms with E-state index in [9.17, 15) is 0 Å². The summed E-state index contributed by atoms with van der Waals surface area (Å²) in [5, 5.41) is 0. The topological polar surface area (TPSA) is 78.1 Å². The van der Waals surface area contributed by atoms with Crippen molar-refractivity contribution in [2.45, 2.75) is 32.0 Å². The molecule has 0 aliphatic heterocycles. The van der Waals surface area contributed by atoms with E-state index in [1.807, 2.05) is 13.8 Å². The molecule has 0 saturated carbocycles. The first-order chi connectivity index (χ1) is 3.55. The van der Waals surface area contributed by atoms with E-state index >= 15 is 0 Å². The van der Waals surface area contributed by atoms with Gasteiger partial charge in [0.05, 0.1) is 0 Å². The molecule has 0 spiro atoms. The van der Waals surface area contributed by atoms with E-state index in [0.29, 0.717) is 0 Å². The molecule has 0 aromatic rings. The minimum Gasteiger partial charge on any atom is -0.326 e. The van der Waals surface area contributed by atoms with Crippen LogP contribution in [0.3, 0.4) is 0 Å². The summed E-state index contributed by atoms with van der Waals surface area (Å²) < 4.78 is 0. The smallest absolute Gasteiger partial charge is 0.0340 e. The Labute approximate surface area is 50.2 Å². The standard InChI is InChI=1S/C5H15N3/c1-3(6)5(8)4(2)7/h3-5H,6-8H2,1-2H3. The van der Waals surface area contributed by atoms with Gasteiger partial charge in [0.1, 0.15) is 0 Å². The van der Waals surface area contributed by atoms with Gasteiger partial charge in [0, 0.05) is 18.1 Å². The van der Waals surface area contributed by atoms with Crippen LogP contribution in [0.4, 0.5) is 0 Å². The van der Waals surface area contributed by atoms with Gasteiger partial charge in [-0.25, -0.2) is 0 Å². The van der Waals surface area contributed by atoms with Crippen LogP contribution in [-0.2, 0) is 0 Å². The van der Waals surface area contributed by atoms with Crippen molar-refractivity contribution in [3.63, 3.8) is 0 Å². The lowest BCUT2D eigenvalue weighted by Crippen LogP contribution is -2.50. The summed E-state index contributed by atoms with van der Waals surface area (Å²) >= 11 is 0. The summed E-state index contributed by atoms with van der Waals surface area (Å²) in [5.41, 5.74) is 16.4. The zero-order valence-electron chi connectivity index (χ0n) is 5.46. The third-order valence-electron chi connectivity index (χ3n) is 1.21. The first-order valence-corrected chi connectivity index (χ1v) is 2.82. The molecule has 2 unspecified atom stereocenters. The third-order valence-corrected chi connectivity index (χ3v) is 1.21. The lowest BCUT2D eigenvalue weighted by Gasteiger charge is -2.18. The van der Waals surface area contributed by atoms with E-state index in [1.54, 1.807) is 0 Å². The Kier molecular flexibility index (Phi) is 2.97. The molecule has 6 N–H and O–H groups in total. The average Bonchev–Trinajstić information content (AvgIpc) is 1.64. The van der Waals surface area contributed by atoms with Gasteiger partial charge in [-0.1, -0.05) is 0 Å². The molecule has 0 amide bonds. The van der Waals surface area contributed by atoms with Crippen LogP contribution in [0, 0.1) is 0 Å². The Morgan fingerprint density at radius 3 is 1.12 bits per heavy atom. The molecule has 0 radical (unpaired) electrons. The lowest BCUT2D eigenvalue weighted by molar-refractivity contribution is 0.486. The summed E-state index contributed by atoms with van der Waals surface area (Å²) in [7, 11) is 0. The molecule has 0 saturated heterocycles. The van der Waals surface area contributed by atoms with E-state index in [2.05, 4.69) is 0 Å². The van der Waals surface area contributed by atoms with Gasteiger partial charge in [0.25, 0.3) is 0 Å². The molecule has 3 nitrogen and oxygen atoms in total. The minimum atomic E-state index is -0.0741. The fourth-order valence-corrected chi connectivity index (χ4v) is 0.479. The SMILES string of the molecule is CC(N)C(N)C(C)N. The van der Waals surface area contributed by atoms with Crippen molar-refractivity contribution in [2.24, 2.45) is 17.2 Å². The fraction of sp³-hybridized carbons (Fsp3) is 1.00. The third kappa shape index (κ3) is 2.26. The Morgan fingerprint density at radius 2 is 1.12 bits per heavy atom. The number of nitrogens with two attached hydrogens (primary N) is 3. The van der Waals surface area contributed by atoms with Crippen molar-refractivity contribution in [1.82, 2.24) is 0 Å². The summed E-state index contributed by atoms with van der Waals surface area (Å²) in [5.74, 6) is 0. The highest BCUT2D eigenvalue weighted by Gasteiger charge is 2.11. The first-order valence-electron chi connectivity index (χ1n) is 2.82. The van der Waals surface area contributed by atoms with Gasteiger partial charge in [0.15, 0.2) is 0 Å². The molecule has 0 aliphatic rings. The van der Waals surface area contributed by atoms with Crippen molar-refractivity contribution >= 4 is 0 Å². The second-order valence-corrected chi connectivity index (χ2v) is 2.30. The van der Waals surface area contributed by atoms with E-state index in [-0.39, 0.29) is 18.1 Å². The van der Waals surface area contributed by atoms with Gasteiger partial charge in [-0.05, 0) is 13.8 Å². The Hall–Kier alpha value is -0.120. The van der Waals surface area contributed by atoms with Crippen LogP contribution in [0.2, 0.25) is 0 Å². The van der Waals surface area contributed by atoms with Crippen molar-refractivity contribution in [1.29, 1.82) is 0 Å². The summed E-state index contributed by atoms with van der Waals surface area (Å²) in [6.07, 6.45) is 0. The van der Waals surface area contributed by atoms with Gasteiger partial charge in [-0.2, -0.15) is 0 Å². The van der Waals surface area contributed by atoms with E-state index in [1.165, 1.54) is 0 Å². The summed E-state index contributed by atoms with van der Waals surface area (Å²) in [6, 6.07) is -0.0833. The van der Waals surface area contributed by atoms with Gasteiger partial charge in [-0.15, -0.1) is 0 Å². The van der Waals surface area contributed by atoms with E-state index in [0.717, 1.165) is 0 Å². The van der Waals surface area contributed by atoms with Gasteiger partial charge in [0.2, 0.25) is 0 Å². The molecule has 0 fully saturated rings. The molecule has 0 bridgehead atoms. The van der Waals surface area contributed by atoms with Crippen molar-refractivity contribution in [3.8, 4) is 0 Å². The van der Waals surface area contributed by atoms with Gasteiger partial charge >= 0.3 is 0 Å². The number of hydrogen-bond acceptors (Lipinski definition) is 3. The molecule has 0 aliphatic carbocycles. The first kappa shape index (κ1) is 7.88. The minimum absolute atomic E-state index is 0.00463. The molecule has 0 heterocycles. The van der Waals surface area contributed by atoms with Crippen LogP contribution in [0.25, 0.3) is 0 Å². The predicted octanol–water partition coefficient (Wildman–Crippen LogP) is -0.992. The van der Waals surface area contributed by atoms with Crippen LogP contribution < -0.4 is 17.2 Å². The largest absolute Gasteiger partial charge is 0.326 e. The number of rotatable bonds is 2. The van der Waals surface area contributed by atoms with Crippen LogP contribution >= 0.6 is 0 Å². The molecule has 3 heteroatoms. The Balaban J connectivity index is 3.46. The summed E-state index contributed by atoms with van der Waals surface area (Å²) in [6.45, 7) is 3.71. The van der Waals surface area contributed by atoms with Crippen LogP contribution in [0.1, 0.15) is 13.8 Å². The monoisotopic (exact) mass is 117 g/mol. The van der Waals surface area contributed by atoms with E-state index in [4.69, 9.17) is 17.2 Å². The fourth-order valence-electron chi connectivity index (χ4n) is 0.479. The van der Waals surface area contributed by atoms with Crippen molar-refractivity contribution in [2.75, 3.05) is 0 Å². The molecular formula is C5H15N3. The Bertz CT molecular complexity index is 52.7. The molecule has 8 heavy (non-hydrogen) atoms. The maximum atomic E-state index is 5.51. The molecule has 0 aromatic carbocycles.